The Bertz CT molecular complexity index is 725. The van der Waals surface area contributed by atoms with Crippen LogP contribution in [0.2, 0.25) is 10.0 Å². The smallest absolute Gasteiger partial charge is 0.246 e. The summed E-state index contributed by atoms with van der Waals surface area (Å²) in [6.45, 7) is 3.81. The molecule has 0 radical (unpaired) electrons. The van der Waals surface area contributed by atoms with Gasteiger partial charge in [-0.15, -0.1) is 0 Å². The van der Waals surface area contributed by atoms with E-state index in [1.807, 2.05) is 37.3 Å². The quantitative estimate of drug-likeness (QED) is 0.822. The lowest BCUT2D eigenvalue weighted by Crippen LogP contribution is -2.35. The highest BCUT2D eigenvalue weighted by Crippen LogP contribution is 2.33. The van der Waals surface area contributed by atoms with Crippen LogP contribution in [-0.4, -0.2) is 23.9 Å². The average Bonchev–Trinajstić information content (AvgIpc) is 3.06. The molecule has 2 aromatic carbocycles. The van der Waals surface area contributed by atoms with Gasteiger partial charge in [-0.3, -0.25) is 9.69 Å². The predicted octanol–water partition coefficient (Wildman–Crippen LogP) is 5.08. The first-order chi connectivity index (χ1) is 11.5. The van der Waals surface area contributed by atoms with Crippen LogP contribution in [0.25, 0.3) is 0 Å². The molecule has 1 saturated heterocycles. The molecule has 1 N–H and O–H groups in total. The van der Waals surface area contributed by atoms with E-state index >= 15 is 0 Å². The van der Waals surface area contributed by atoms with Gasteiger partial charge in [-0.2, -0.15) is 0 Å². The molecule has 0 unspecified atom stereocenters. The van der Waals surface area contributed by atoms with E-state index in [1.165, 1.54) is 0 Å². The van der Waals surface area contributed by atoms with Crippen LogP contribution in [0.3, 0.4) is 0 Å². The maximum Gasteiger partial charge on any atom is 0.246 e. The lowest BCUT2D eigenvalue weighted by molar-refractivity contribution is -0.121. The lowest BCUT2D eigenvalue weighted by atomic mass is 10.0. The SMILES string of the molecule is Cc1ccc(NC(=O)[C@H](c2ccc(Cl)cc2Cl)N2CCCC2)cc1. The summed E-state index contributed by atoms with van der Waals surface area (Å²) in [5.41, 5.74) is 2.75. The highest BCUT2D eigenvalue weighted by Gasteiger charge is 2.31. The van der Waals surface area contributed by atoms with E-state index < -0.39 is 6.04 Å². The lowest BCUT2D eigenvalue weighted by Gasteiger charge is -2.27. The van der Waals surface area contributed by atoms with E-state index in [-0.39, 0.29) is 5.91 Å². The van der Waals surface area contributed by atoms with Crippen molar-refractivity contribution >= 4 is 34.8 Å². The molecule has 3 nitrogen and oxygen atoms in total. The first-order valence-electron chi connectivity index (χ1n) is 8.11. The van der Waals surface area contributed by atoms with Crippen molar-refractivity contribution in [3.63, 3.8) is 0 Å². The third-order valence-corrected chi connectivity index (χ3v) is 4.89. The number of likely N-dealkylation sites (tertiary alicyclic amines) is 1. The molecule has 24 heavy (non-hydrogen) atoms. The van der Waals surface area contributed by atoms with E-state index in [0.29, 0.717) is 10.0 Å². The first kappa shape index (κ1) is 17.3. The van der Waals surface area contributed by atoms with Gasteiger partial charge in [-0.1, -0.05) is 47.0 Å². The summed E-state index contributed by atoms with van der Waals surface area (Å²) in [5.74, 6) is -0.0648. The maximum atomic E-state index is 13.0. The number of carbonyl (C=O) groups excluding carboxylic acids is 1. The average molecular weight is 363 g/mol. The Morgan fingerprint density at radius 3 is 2.38 bits per heavy atom. The van der Waals surface area contributed by atoms with Gasteiger partial charge in [0.05, 0.1) is 0 Å². The molecular weight excluding hydrogens is 343 g/mol. The van der Waals surface area contributed by atoms with Gasteiger partial charge in [0.25, 0.3) is 0 Å². The third-order valence-electron chi connectivity index (χ3n) is 4.33. The van der Waals surface area contributed by atoms with Crippen molar-refractivity contribution < 1.29 is 4.79 Å². The van der Waals surface area contributed by atoms with Gasteiger partial charge >= 0.3 is 0 Å². The van der Waals surface area contributed by atoms with E-state index in [0.717, 1.165) is 42.7 Å². The molecule has 1 amide bonds. The normalized spacial score (nSPS) is 16.1. The molecule has 0 aliphatic carbocycles. The number of nitrogens with one attached hydrogen (secondary N) is 1. The zero-order chi connectivity index (χ0) is 17.1. The minimum atomic E-state index is -0.404. The molecule has 0 saturated carbocycles. The number of nitrogens with zero attached hydrogens (tertiary/aromatic N) is 1. The Hall–Kier alpha value is -1.55. The number of hydrogen-bond acceptors (Lipinski definition) is 2. The minimum Gasteiger partial charge on any atom is -0.324 e. The van der Waals surface area contributed by atoms with Crippen molar-refractivity contribution in [2.75, 3.05) is 18.4 Å². The summed E-state index contributed by atoms with van der Waals surface area (Å²) < 4.78 is 0. The van der Waals surface area contributed by atoms with Gasteiger partial charge in [-0.25, -0.2) is 0 Å². The number of anilines is 1. The number of rotatable bonds is 4. The van der Waals surface area contributed by atoms with Crippen molar-refractivity contribution in [3.8, 4) is 0 Å². The van der Waals surface area contributed by atoms with Gasteiger partial charge in [0.15, 0.2) is 0 Å². The first-order valence-corrected chi connectivity index (χ1v) is 8.87. The highest BCUT2D eigenvalue weighted by molar-refractivity contribution is 6.35. The summed E-state index contributed by atoms with van der Waals surface area (Å²) in [5, 5.41) is 4.11. The molecule has 0 bridgehead atoms. The number of amides is 1. The van der Waals surface area contributed by atoms with Crippen LogP contribution in [0.15, 0.2) is 42.5 Å². The van der Waals surface area contributed by atoms with E-state index in [1.54, 1.807) is 12.1 Å². The van der Waals surface area contributed by atoms with E-state index in [4.69, 9.17) is 23.2 Å². The van der Waals surface area contributed by atoms with Gasteiger partial charge < -0.3 is 5.32 Å². The van der Waals surface area contributed by atoms with Crippen LogP contribution in [0, 0.1) is 6.92 Å². The highest BCUT2D eigenvalue weighted by atomic mass is 35.5. The van der Waals surface area contributed by atoms with E-state index in [2.05, 4.69) is 10.2 Å². The fourth-order valence-corrected chi connectivity index (χ4v) is 3.59. The fourth-order valence-electron chi connectivity index (χ4n) is 3.07. The van der Waals surface area contributed by atoms with Crippen LogP contribution in [0.4, 0.5) is 5.69 Å². The summed E-state index contributed by atoms with van der Waals surface area (Å²) >= 11 is 12.4. The summed E-state index contributed by atoms with van der Waals surface area (Å²) in [4.78, 5) is 15.2. The van der Waals surface area contributed by atoms with Gasteiger partial charge in [-0.05, 0) is 62.7 Å². The standard InChI is InChI=1S/C19H20Cl2N2O/c1-13-4-7-15(8-5-13)22-19(24)18(23-10-2-3-11-23)16-9-6-14(20)12-17(16)21/h4-9,12,18H,2-3,10-11H2,1H3,(H,22,24)/t18-/m0/s1. The zero-order valence-electron chi connectivity index (χ0n) is 13.6. The van der Waals surface area contributed by atoms with Crippen molar-refractivity contribution in [1.82, 2.24) is 4.90 Å². The summed E-state index contributed by atoms with van der Waals surface area (Å²) in [6, 6.07) is 12.7. The Kier molecular flexibility index (Phi) is 5.44. The molecule has 1 aliphatic heterocycles. The molecule has 0 spiro atoms. The van der Waals surface area contributed by atoms with Crippen LogP contribution in [-0.2, 0) is 4.79 Å². The molecule has 5 heteroatoms. The molecular formula is C19H20Cl2N2O. The van der Waals surface area contributed by atoms with Crippen molar-refractivity contribution in [1.29, 1.82) is 0 Å². The van der Waals surface area contributed by atoms with Gasteiger partial charge in [0, 0.05) is 15.7 Å². The van der Waals surface area contributed by atoms with Crippen molar-refractivity contribution in [2.24, 2.45) is 0 Å². The van der Waals surface area contributed by atoms with Crippen molar-refractivity contribution in [2.45, 2.75) is 25.8 Å². The monoisotopic (exact) mass is 362 g/mol. The molecule has 1 fully saturated rings. The van der Waals surface area contributed by atoms with Gasteiger partial charge in [0.1, 0.15) is 6.04 Å². The molecule has 126 valence electrons. The molecule has 1 heterocycles. The Morgan fingerprint density at radius 1 is 1.08 bits per heavy atom. The van der Waals surface area contributed by atoms with Gasteiger partial charge in [0.2, 0.25) is 5.91 Å². The summed E-state index contributed by atoms with van der Waals surface area (Å²) in [7, 11) is 0. The molecule has 2 aromatic rings. The summed E-state index contributed by atoms with van der Waals surface area (Å²) in [6.07, 6.45) is 2.19. The fraction of sp³-hybridized carbons (Fsp3) is 0.316. The molecule has 0 aromatic heterocycles. The number of hydrogen-bond donors (Lipinski definition) is 1. The second kappa shape index (κ2) is 7.56. The second-order valence-corrected chi connectivity index (χ2v) is 7.01. The van der Waals surface area contributed by atoms with Crippen LogP contribution in [0.5, 0.6) is 0 Å². The number of carbonyl (C=O) groups is 1. The second-order valence-electron chi connectivity index (χ2n) is 6.17. The molecule has 1 aliphatic rings. The number of halogens is 2. The van der Waals surface area contributed by atoms with Crippen LogP contribution < -0.4 is 5.32 Å². The predicted molar refractivity (Wildman–Crippen MR) is 99.8 cm³/mol. The Morgan fingerprint density at radius 2 is 1.75 bits per heavy atom. The van der Waals surface area contributed by atoms with Crippen molar-refractivity contribution in [3.05, 3.63) is 63.6 Å². The third kappa shape index (κ3) is 3.92. The Labute approximate surface area is 152 Å². The number of aryl methyl sites for hydroxylation is 1. The van der Waals surface area contributed by atoms with Crippen LogP contribution >= 0.6 is 23.2 Å². The minimum absolute atomic E-state index is 0.0648. The largest absolute Gasteiger partial charge is 0.324 e. The topological polar surface area (TPSA) is 32.3 Å². The Balaban J connectivity index is 1.89. The maximum absolute atomic E-state index is 13.0. The van der Waals surface area contributed by atoms with E-state index in [9.17, 15) is 4.79 Å². The molecule has 1 atom stereocenters. The number of benzene rings is 2. The van der Waals surface area contributed by atoms with Crippen LogP contribution in [0.1, 0.15) is 30.0 Å². The zero-order valence-corrected chi connectivity index (χ0v) is 15.1. The molecule has 3 rings (SSSR count).